The van der Waals surface area contributed by atoms with E-state index in [1.807, 2.05) is 28.8 Å². The van der Waals surface area contributed by atoms with Crippen molar-refractivity contribution in [2.24, 2.45) is 0 Å². The number of amides is 1. The minimum Gasteiger partial charge on any atom is -0.507 e. The van der Waals surface area contributed by atoms with Crippen LogP contribution >= 0.6 is 0 Å². The van der Waals surface area contributed by atoms with Gasteiger partial charge < -0.3 is 14.4 Å². The van der Waals surface area contributed by atoms with Crippen LogP contribution in [0.4, 0.5) is 5.95 Å². The van der Waals surface area contributed by atoms with Gasteiger partial charge >= 0.3 is 0 Å². The fourth-order valence-electron chi connectivity index (χ4n) is 2.62. The minimum atomic E-state index is -0.414. The second-order valence-corrected chi connectivity index (χ2v) is 5.41. The van der Waals surface area contributed by atoms with Crippen molar-refractivity contribution in [3.8, 4) is 11.5 Å². The maximum atomic E-state index is 12.5. The lowest BCUT2D eigenvalue weighted by Crippen LogP contribution is -2.16. The van der Waals surface area contributed by atoms with E-state index < -0.39 is 5.91 Å². The number of ether oxygens (including phenoxy) is 1. The number of nitrogens with one attached hydrogen (secondary N) is 1. The molecule has 124 valence electrons. The van der Waals surface area contributed by atoms with Crippen LogP contribution < -0.4 is 10.1 Å². The van der Waals surface area contributed by atoms with Gasteiger partial charge in [-0.15, -0.1) is 0 Å². The molecule has 2 N–H and O–H groups in total. The topological polar surface area (TPSA) is 76.4 Å². The molecule has 0 saturated heterocycles. The molecule has 0 spiro atoms. The third-order valence-corrected chi connectivity index (χ3v) is 3.78. The molecule has 3 rings (SSSR count). The number of nitrogens with zero attached hydrogens (tertiary/aromatic N) is 2. The van der Waals surface area contributed by atoms with Crippen molar-refractivity contribution in [3.05, 3.63) is 48.0 Å². The molecule has 0 saturated carbocycles. The van der Waals surface area contributed by atoms with E-state index in [4.69, 9.17) is 4.74 Å². The first-order valence-corrected chi connectivity index (χ1v) is 7.77. The lowest BCUT2D eigenvalue weighted by atomic mass is 10.2. The quantitative estimate of drug-likeness (QED) is 0.753. The van der Waals surface area contributed by atoms with Gasteiger partial charge in [-0.2, -0.15) is 0 Å². The number of methoxy groups -OCH3 is 1. The second-order valence-electron chi connectivity index (χ2n) is 5.41. The van der Waals surface area contributed by atoms with Crippen LogP contribution in [0.1, 0.15) is 23.7 Å². The third kappa shape index (κ3) is 2.90. The minimum absolute atomic E-state index is 0.134. The monoisotopic (exact) mass is 325 g/mol. The zero-order valence-corrected chi connectivity index (χ0v) is 13.6. The molecule has 2 aromatic carbocycles. The first-order chi connectivity index (χ1) is 11.6. The van der Waals surface area contributed by atoms with Gasteiger partial charge in [-0.1, -0.05) is 19.1 Å². The Balaban J connectivity index is 1.94. The molecule has 1 aromatic heterocycles. The van der Waals surface area contributed by atoms with Gasteiger partial charge in [-0.05, 0) is 30.7 Å². The molecule has 0 aliphatic rings. The number of rotatable bonds is 5. The first kappa shape index (κ1) is 15.9. The highest BCUT2D eigenvalue weighted by Gasteiger charge is 2.16. The zero-order chi connectivity index (χ0) is 17.1. The van der Waals surface area contributed by atoms with Crippen molar-refractivity contribution >= 4 is 22.9 Å². The van der Waals surface area contributed by atoms with Gasteiger partial charge in [0, 0.05) is 12.6 Å². The maximum absolute atomic E-state index is 12.5. The standard InChI is InChI=1S/C18H19N3O3/c1-3-10-21-15-7-5-4-6-14(15)19-18(21)20-17(23)13-9-8-12(24-2)11-16(13)22/h4-9,11,22H,3,10H2,1-2H3,(H,19,20,23). The number of anilines is 1. The van der Waals surface area contributed by atoms with Crippen LogP contribution in [-0.4, -0.2) is 27.7 Å². The van der Waals surface area contributed by atoms with E-state index in [1.165, 1.54) is 19.2 Å². The Morgan fingerprint density at radius 2 is 2.08 bits per heavy atom. The van der Waals surface area contributed by atoms with E-state index in [0.717, 1.165) is 24.0 Å². The average molecular weight is 325 g/mol. The van der Waals surface area contributed by atoms with Gasteiger partial charge in [0.15, 0.2) is 0 Å². The fourth-order valence-corrected chi connectivity index (χ4v) is 2.62. The average Bonchev–Trinajstić information content (AvgIpc) is 2.92. The van der Waals surface area contributed by atoms with Gasteiger partial charge in [0.2, 0.25) is 5.95 Å². The van der Waals surface area contributed by atoms with Gasteiger partial charge in [-0.3, -0.25) is 10.1 Å². The van der Waals surface area contributed by atoms with Crippen LogP contribution in [0.15, 0.2) is 42.5 Å². The summed E-state index contributed by atoms with van der Waals surface area (Å²) in [6, 6.07) is 12.3. The number of imidazole rings is 1. The van der Waals surface area contributed by atoms with Crippen molar-refractivity contribution in [2.45, 2.75) is 19.9 Å². The van der Waals surface area contributed by atoms with Crippen molar-refractivity contribution in [3.63, 3.8) is 0 Å². The Bertz CT molecular complexity index is 886. The lowest BCUT2D eigenvalue weighted by Gasteiger charge is -2.10. The van der Waals surface area contributed by atoms with E-state index in [9.17, 15) is 9.90 Å². The Morgan fingerprint density at radius 1 is 1.29 bits per heavy atom. The SMILES string of the molecule is CCCn1c(NC(=O)c2ccc(OC)cc2O)nc2ccccc21. The predicted molar refractivity (Wildman–Crippen MR) is 92.6 cm³/mol. The summed E-state index contributed by atoms with van der Waals surface area (Å²) in [5.74, 6) is 0.411. The molecule has 0 aliphatic heterocycles. The molecule has 1 amide bonds. The summed E-state index contributed by atoms with van der Waals surface area (Å²) in [6.07, 6.45) is 0.914. The van der Waals surface area contributed by atoms with Crippen molar-refractivity contribution in [1.82, 2.24) is 9.55 Å². The normalized spacial score (nSPS) is 10.8. The first-order valence-electron chi connectivity index (χ1n) is 7.77. The molecule has 0 fully saturated rings. The molecular formula is C18H19N3O3. The largest absolute Gasteiger partial charge is 0.507 e. The second kappa shape index (κ2) is 6.62. The third-order valence-electron chi connectivity index (χ3n) is 3.78. The van der Waals surface area contributed by atoms with Gasteiger partial charge in [-0.25, -0.2) is 4.98 Å². The number of aryl methyl sites for hydroxylation is 1. The van der Waals surface area contributed by atoms with E-state index in [0.29, 0.717) is 11.7 Å². The van der Waals surface area contributed by atoms with E-state index in [1.54, 1.807) is 6.07 Å². The molecule has 6 nitrogen and oxygen atoms in total. The van der Waals surface area contributed by atoms with Crippen molar-refractivity contribution < 1.29 is 14.6 Å². The predicted octanol–water partition coefficient (Wildman–Crippen LogP) is 3.41. The fraction of sp³-hybridized carbons (Fsp3) is 0.222. The Hall–Kier alpha value is -3.02. The molecule has 6 heteroatoms. The van der Waals surface area contributed by atoms with Crippen molar-refractivity contribution in [1.29, 1.82) is 0 Å². The number of para-hydroxylation sites is 2. The molecule has 0 atom stereocenters. The van der Waals surface area contributed by atoms with E-state index in [2.05, 4.69) is 17.2 Å². The summed E-state index contributed by atoms with van der Waals surface area (Å²) < 4.78 is 7.00. The number of hydrogen-bond donors (Lipinski definition) is 2. The number of carbonyl (C=O) groups is 1. The number of phenolic OH excluding ortho intramolecular Hbond substituents is 1. The van der Waals surface area contributed by atoms with Crippen LogP contribution in [0.5, 0.6) is 11.5 Å². The number of aromatic hydroxyl groups is 1. The smallest absolute Gasteiger partial charge is 0.261 e. The van der Waals surface area contributed by atoms with Gasteiger partial charge in [0.05, 0.1) is 23.7 Å². The number of benzene rings is 2. The molecule has 3 aromatic rings. The summed E-state index contributed by atoms with van der Waals surface area (Å²) in [6.45, 7) is 2.81. The molecular weight excluding hydrogens is 306 g/mol. The van der Waals surface area contributed by atoms with Crippen LogP contribution in [0.3, 0.4) is 0 Å². The molecule has 0 unspecified atom stereocenters. The van der Waals surface area contributed by atoms with Crippen molar-refractivity contribution in [2.75, 3.05) is 12.4 Å². The van der Waals surface area contributed by atoms with Crippen LogP contribution in [0.2, 0.25) is 0 Å². The van der Waals surface area contributed by atoms with Crippen LogP contribution in [0.25, 0.3) is 11.0 Å². The molecule has 24 heavy (non-hydrogen) atoms. The summed E-state index contributed by atoms with van der Waals surface area (Å²) in [5.41, 5.74) is 1.96. The maximum Gasteiger partial charge on any atom is 0.261 e. The molecule has 1 heterocycles. The number of aromatic nitrogens is 2. The summed E-state index contributed by atoms with van der Waals surface area (Å²) >= 11 is 0. The summed E-state index contributed by atoms with van der Waals surface area (Å²) in [5, 5.41) is 12.8. The molecule has 0 radical (unpaired) electrons. The zero-order valence-electron chi connectivity index (χ0n) is 13.6. The number of phenols is 1. The van der Waals surface area contributed by atoms with E-state index in [-0.39, 0.29) is 11.3 Å². The van der Waals surface area contributed by atoms with Gasteiger partial charge in [0.25, 0.3) is 5.91 Å². The highest BCUT2D eigenvalue weighted by atomic mass is 16.5. The van der Waals surface area contributed by atoms with Crippen LogP contribution in [-0.2, 0) is 6.54 Å². The number of fused-ring (bicyclic) bond motifs is 1. The Labute approximate surface area is 139 Å². The molecule has 0 bridgehead atoms. The van der Waals surface area contributed by atoms with Gasteiger partial charge in [0.1, 0.15) is 11.5 Å². The summed E-state index contributed by atoms with van der Waals surface area (Å²) in [4.78, 5) is 17.0. The summed E-state index contributed by atoms with van der Waals surface area (Å²) in [7, 11) is 1.50. The lowest BCUT2D eigenvalue weighted by molar-refractivity contribution is 0.102. The number of carbonyl (C=O) groups excluding carboxylic acids is 1. The number of hydrogen-bond acceptors (Lipinski definition) is 4. The van der Waals surface area contributed by atoms with E-state index >= 15 is 0 Å². The Morgan fingerprint density at radius 3 is 2.79 bits per heavy atom. The van der Waals surface area contributed by atoms with Crippen LogP contribution in [0, 0.1) is 0 Å². The Kier molecular flexibility index (Phi) is 4.37. The highest BCUT2D eigenvalue weighted by molar-refractivity contribution is 6.06. The molecule has 0 aliphatic carbocycles. The highest BCUT2D eigenvalue weighted by Crippen LogP contribution is 2.25.